The normalized spacial score (nSPS) is 15.9. The van der Waals surface area contributed by atoms with Crippen LogP contribution in [-0.2, 0) is 11.3 Å². The second-order valence-electron chi connectivity index (χ2n) is 6.54. The quantitative estimate of drug-likeness (QED) is 0.271. The summed E-state index contributed by atoms with van der Waals surface area (Å²) in [6.07, 6.45) is 3.96. The number of halogens is 3. The van der Waals surface area contributed by atoms with Crippen LogP contribution < -0.4 is 0 Å². The largest absolute Gasteiger partial charge is 0.342 e. The summed E-state index contributed by atoms with van der Waals surface area (Å²) in [5, 5.41) is 2.28. The second kappa shape index (κ2) is 8.44. The van der Waals surface area contributed by atoms with Crippen LogP contribution in [0, 0.1) is 0 Å². The van der Waals surface area contributed by atoms with Gasteiger partial charge in [0.2, 0.25) is 0 Å². The maximum Gasteiger partial charge on any atom is 0.266 e. The Morgan fingerprint density at radius 1 is 1.21 bits per heavy atom. The molecule has 1 aromatic heterocycles. The van der Waals surface area contributed by atoms with E-state index in [-0.39, 0.29) is 5.91 Å². The molecule has 1 saturated heterocycles. The molecule has 0 spiro atoms. The minimum absolute atomic E-state index is 0.0425. The molecule has 3 aromatic rings. The van der Waals surface area contributed by atoms with Crippen LogP contribution >= 0.6 is 63.1 Å². The van der Waals surface area contributed by atoms with Gasteiger partial charge in [-0.05, 0) is 48.9 Å². The molecule has 1 amide bonds. The highest BCUT2D eigenvalue weighted by atomic mass is 79.9. The third-order valence-electron chi connectivity index (χ3n) is 4.71. The van der Waals surface area contributed by atoms with E-state index in [1.807, 2.05) is 37.4 Å². The molecular formula is C21H15BrCl2N2OS2. The number of nitrogens with zero attached hydrogens (tertiary/aromatic N) is 2. The lowest BCUT2D eigenvalue weighted by molar-refractivity contribution is -0.121. The first kappa shape index (κ1) is 20.9. The number of likely N-dealkylation sites (N-methyl/N-ethyl adjacent to an activating group) is 1. The Bertz CT molecular complexity index is 1190. The highest BCUT2D eigenvalue weighted by molar-refractivity contribution is 9.10. The van der Waals surface area contributed by atoms with Crippen molar-refractivity contribution in [1.29, 1.82) is 0 Å². The first-order chi connectivity index (χ1) is 13.9. The SMILES string of the molecule is CCN1C(=O)/C(=C/c2cn(Cc3ccc(Cl)cc3Cl)c3ccc(Br)cc23)SC1=S. The van der Waals surface area contributed by atoms with Crippen molar-refractivity contribution < 1.29 is 4.79 Å². The number of aromatic nitrogens is 1. The van der Waals surface area contributed by atoms with Crippen molar-refractivity contribution in [2.75, 3.05) is 6.54 Å². The molecule has 0 saturated carbocycles. The van der Waals surface area contributed by atoms with E-state index in [9.17, 15) is 4.79 Å². The molecule has 1 fully saturated rings. The van der Waals surface area contributed by atoms with E-state index < -0.39 is 0 Å². The number of hydrogen-bond donors (Lipinski definition) is 0. The van der Waals surface area contributed by atoms with E-state index in [1.165, 1.54) is 11.8 Å². The Morgan fingerprint density at radius 2 is 2.00 bits per heavy atom. The molecule has 1 aliphatic heterocycles. The molecular weight excluding hydrogens is 511 g/mol. The number of fused-ring (bicyclic) bond motifs is 1. The van der Waals surface area contributed by atoms with Gasteiger partial charge in [-0.2, -0.15) is 0 Å². The van der Waals surface area contributed by atoms with E-state index in [0.29, 0.717) is 32.4 Å². The average molecular weight is 526 g/mol. The summed E-state index contributed by atoms with van der Waals surface area (Å²) in [5.74, 6) is -0.0425. The van der Waals surface area contributed by atoms with Crippen LogP contribution in [0.1, 0.15) is 18.1 Å². The molecule has 2 aromatic carbocycles. The fraction of sp³-hybridized carbons (Fsp3) is 0.143. The lowest BCUT2D eigenvalue weighted by Gasteiger charge is -2.09. The molecule has 1 aliphatic rings. The Morgan fingerprint density at radius 3 is 2.69 bits per heavy atom. The fourth-order valence-corrected chi connectivity index (χ4v) is 5.49. The van der Waals surface area contributed by atoms with Crippen molar-refractivity contribution in [3.8, 4) is 0 Å². The van der Waals surface area contributed by atoms with E-state index in [2.05, 4.69) is 32.6 Å². The number of amides is 1. The maximum absolute atomic E-state index is 12.6. The average Bonchev–Trinajstić information content (AvgIpc) is 3.14. The van der Waals surface area contributed by atoms with E-state index in [4.69, 9.17) is 35.4 Å². The Balaban J connectivity index is 1.79. The summed E-state index contributed by atoms with van der Waals surface area (Å²) in [6.45, 7) is 3.09. The van der Waals surface area contributed by atoms with E-state index in [0.717, 1.165) is 26.5 Å². The minimum Gasteiger partial charge on any atom is -0.342 e. The molecule has 0 aliphatic carbocycles. The summed E-state index contributed by atoms with van der Waals surface area (Å²) in [5.41, 5.74) is 2.99. The molecule has 0 bridgehead atoms. The summed E-state index contributed by atoms with van der Waals surface area (Å²) >= 11 is 22.6. The number of thiocarbonyl (C=S) groups is 1. The molecule has 0 unspecified atom stereocenters. The lowest BCUT2D eigenvalue weighted by Crippen LogP contribution is -2.27. The van der Waals surface area contributed by atoms with Gasteiger partial charge in [0.25, 0.3) is 5.91 Å². The van der Waals surface area contributed by atoms with Gasteiger partial charge in [0, 0.05) is 50.3 Å². The van der Waals surface area contributed by atoms with Crippen molar-refractivity contribution in [3.05, 3.63) is 73.1 Å². The van der Waals surface area contributed by atoms with Gasteiger partial charge in [0.15, 0.2) is 0 Å². The van der Waals surface area contributed by atoms with Gasteiger partial charge in [0.1, 0.15) is 4.32 Å². The molecule has 148 valence electrons. The number of rotatable bonds is 4. The van der Waals surface area contributed by atoms with Gasteiger partial charge in [-0.3, -0.25) is 9.69 Å². The zero-order valence-electron chi connectivity index (χ0n) is 15.3. The van der Waals surface area contributed by atoms with Gasteiger partial charge < -0.3 is 4.57 Å². The van der Waals surface area contributed by atoms with E-state index >= 15 is 0 Å². The first-order valence-electron chi connectivity index (χ1n) is 8.85. The summed E-state index contributed by atoms with van der Waals surface area (Å²) in [6, 6.07) is 11.6. The Hall–Kier alpha value is -1.31. The van der Waals surface area contributed by atoms with Gasteiger partial charge in [-0.15, -0.1) is 0 Å². The van der Waals surface area contributed by atoms with Crippen LogP contribution in [0.2, 0.25) is 10.0 Å². The molecule has 3 nitrogen and oxygen atoms in total. The third-order valence-corrected chi connectivity index (χ3v) is 7.16. The van der Waals surface area contributed by atoms with Gasteiger partial charge in [-0.1, -0.05) is 69.2 Å². The van der Waals surface area contributed by atoms with Crippen LogP contribution in [-0.4, -0.2) is 26.2 Å². The molecule has 0 atom stereocenters. The Kier molecular flexibility index (Phi) is 6.09. The summed E-state index contributed by atoms with van der Waals surface area (Å²) in [4.78, 5) is 14.9. The highest BCUT2D eigenvalue weighted by Crippen LogP contribution is 2.35. The van der Waals surface area contributed by atoms with E-state index in [1.54, 1.807) is 11.0 Å². The van der Waals surface area contributed by atoms with Crippen molar-refractivity contribution in [3.63, 3.8) is 0 Å². The maximum atomic E-state index is 12.6. The van der Waals surface area contributed by atoms with Crippen LogP contribution in [0.5, 0.6) is 0 Å². The topological polar surface area (TPSA) is 25.2 Å². The van der Waals surface area contributed by atoms with Crippen molar-refractivity contribution in [2.45, 2.75) is 13.5 Å². The first-order valence-corrected chi connectivity index (χ1v) is 11.6. The third kappa shape index (κ3) is 4.14. The fourth-order valence-electron chi connectivity index (χ4n) is 3.29. The number of thioether (sulfide) groups is 1. The lowest BCUT2D eigenvalue weighted by atomic mass is 10.1. The zero-order chi connectivity index (χ0) is 20.7. The predicted molar refractivity (Wildman–Crippen MR) is 131 cm³/mol. The second-order valence-corrected chi connectivity index (χ2v) is 9.97. The number of benzene rings is 2. The molecule has 0 radical (unpaired) electrons. The number of carbonyl (C=O) groups excluding carboxylic acids is 1. The van der Waals surface area contributed by atoms with Crippen LogP contribution in [0.3, 0.4) is 0 Å². The van der Waals surface area contributed by atoms with Crippen LogP contribution in [0.15, 0.2) is 52.0 Å². The van der Waals surface area contributed by atoms with Gasteiger partial charge >= 0.3 is 0 Å². The smallest absolute Gasteiger partial charge is 0.266 e. The van der Waals surface area contributed by atoms with Crippen molar-refractivity contribution in [2.24, 2.45) is 0 Å². The molecule has 8 heteroatoms. The number of carbonyl (C=O) groups is 1. The number of hydrogen-bond acceptors (Lipinski definition) is 3. The molecule has 2 heterocycles. The van der Waals surface area contributed by atoms with Crippen LogP contribution in [0.25, 0.3) is 17.0 Å². The van der Waals surface area contributed by atoms with Crippen molar-refractivity contribution >= 4 is 90.3 Å². The molecule has 4 rings (SSSR count). The summed E-state index contributed by atoms with van der Waals surface area (Å²) in [7, 11) is 0. The molecule has 29 heavy (non-hydrogen) atoms. The highest BCUT2D eigenvalue weighted by Gasteiger charge is 2.30. The Labute approximate surface area is 196 Å². The van der Waals surface area contributed by atoms with Crippen molar-refractivity contribution in [1.82, 2.24) is 9.47 Å². The summed E-state index contributed by atoms with van der Waals surface area (Å²) < 4.78 is 3.70. The van der Waals surface area contributed by atoms with Gasteiger partial charge in [-0.25, -0.2) is 0 Å². The van der Waals surface area contributed by atoms with Gasteiger partial charge in [0.05, 0.1) is 4.91 Å². The molecule has 0 N–H and O–H groups in total. The standard InChI is InChI=1S/C21H15BrCl2N2OS2/c1-2-26-20(27)19(29-21(26)28)7-13-11-25(18-6-4-14(22)8-16(13)18)10-12-3-5-15(23)9-17(12)24/h3-9,11H,2,10H2,1H3/b19-7-. The van der Waals surface area contributed by atoms with Crippen LogP contribution in [0.4, 0.5) is 0 Å². The predicted octanol–water partition coefficient (Wildman–Crippen LogP) is 6.98. The monoisotopic (exact) mass is 524 g/mol. The zero-order valence-corrected chi connectivity index (χ0v) is 20.0. The minimum atomic E-state index is -0.0425.